The van der Waals surface area contributed by atoms with Gasteiger partial charge in [-0.1, -0.05) is 210 Å². The maximum Gasteiger partial charge on any atom is 0.472 e. The summed E-state index contributed by atoms with van der Waals surface area (Å²) in [7, 11) is -9.92. The molecule has 0 aromatic carbocycles. The quantitative estimate of drug-likeness (QED) is 0.0169. The van der Waals surface area contributed by atoms with Gasteiger partial charge in [0, 0.05) is 25.7 Å². The first-order valence-corrected chi connectivity index (χ1v) is 37.2. The molecule has 3 N–H and O–H groups in total. The van der Waals surface area contributed by atoms with Crippen molar-refractivity contribution in [3.8, 4) is 0 Å². The highest BCUT2D eigenvalue weighted by Gasteiger charge is 2.30. The van der Waals surface area contributed by atoms with Crippen molar-refractivity contribution in [2.24, 2.45) is 0 Å². The molecule has 0 aromatic heterocycles. The van der Waals surface area contributed by atoms with E-state index in [1.165, 1.54) is 57.8 Å². The molecule has 5 atom stereocenters. The summed E-state index contributed by atoms with van der Waals surface area (Å²) in [5, 5.41) is 10.5. The number of unbranched alkanes of at least 4 members (excludes halogenated alkanes) is 26. The number of rotatable bonds is 64. The van der Waals surface area contributed by atoms with E-state index in [1.807, 2.05) is 6.92 Å². The van der Waals surface area contributed by atoms with E-state index >= 15 is 0 Å². The Hall–Kier alpha value is -3.50. The first-order valence-electron chi connectivity index (χ1n) is 34.2. The van der Waals surface area contributed by atoms with E-state index in [2.05, 4.69) is 93.7 Å². The molecule has 0 amide bonds. The van der Waals surface area contributed by atoms with Crippen LogP contribution in [0.15, 0.2) is 72.9 Å². The number of carbonyl (C=O) groups is 4. The zero-order valence-electron chi connectivity index (χ0n) is 55.1. The Kier molecular flexibility index (Phi) is 59.8. The number of carbonyl (C=O) groups excluding carboxylic acids is 4. The average Bonchev–Trinajstić information content (AvgIpc) is 3.54. The Labute approximate surface area is 532 Å². The van der Waals surface area contributed by atoms with Gasteiger partial charge in [0.15, 0.2) is 12.2 Å². The van der Waals surface area contributed by atoms with Gasteiger partial charge < -0.3 is 33.8 Å². The summed E-state index contributed by atoms with van der Waals surface area (Å²) in [5.74, 6) is -2.24. The predicted octanol–water partition coefficient (Wildman–Crippen LogP) is 18.5. The van der Waals surface area contributed by atoms with Gasteiger partial charge in [-0.3, -0.25) is 37.3 Å². The van der Waals surface area contributed by atoms with Gasteiger partial charge >= 0.3 is 39.5 Å². The highest BCUT2D eigenvalue weighted by Crippen LogP contribution is 2.45. The molecule has 0 bridgehead atoms. The summed E-state index contributed by atoms with van der Waals surface area (Å²) in [6, 6.07) is 0. The van der Waals surface area contributed by atoms with Crippen molar-refractivity contribution < 1.29 is 80.2 Å². The molecule has 0 aliphatic rings. The third-order valence-electron chi connectivity index (χ3n) is 14.1. The maximum atomic E-state index is 13.0. The predicted molar refractivity (Wildman–Crippen MR) is 353 cm³/mol. The molecule has 0 rings (SSSR count). The van der Waals surface area contributed by atoms with Gasteiger partial charge in [0.2, 0.25) is 0 Å². The van der Waals surface area contributed by atoms with Crippen molar-refractivity contribution in [3.05, 3.63) is 72.9 Å². The van der Waals surface area contributed by atoms with Gasteiger partial charge in [0.05, 0.1) is 26.4 Å². The molecular formula is C69H122O17P2. The minimum absolute atomic E-state index is 0.0776. The Balaban J connectivity index is 5.19. The van der Waals surface area contributed by atoms with E-state index < -0.39 is 97.5 Å². The van der Waals surface area contributed by atoms with Crippen LogP contribution in [0, 0.1) is 0 Å². The summed E-state index contributed by atoms with van der Waals surface area (Å²) in [5.41, 5.74) is 0. The normalized spacial score (nSPS) is 14.6. The van der Waals surface area contributed by atoms with Crippen molar-refractivity contribution >= 4 is 39.5 Å². The van der Waals surface area contributed by atoms with Crippen LogP contribution < -0.4 is 0 Å². The van der Waals surface area contributed by atoms with E-state index in [1.54, 1.807) is 0 Å². The van der Waals surface area contributed by atoms with Crippen molar-refractivity contribution in [2.45, 2.75) is 303 Å². The lowest BCUT2D eigenvalue weighted by Crippen LogP contribution is -2.30. The monoisotopic (exact) mass is 1280 g/mol. The molecule has 510 valence electrons. The number of phosphoric ester groups is 2. The maximum absolute atomic E-state index is 13.0. The number of aliphatic hydroxyl groups is 1. The van der Waals surface area contributed by atoms with Gasteiger partial charge in [-0.15, -0.1) is 0 Å². The number of aliphatic hydroxyl groups excluding tert-OH is 1. The number of phosphoric acid groups is 2. The fraction of sp³-hybridized carbons (Fsp3) is 0.768. The minimum atomic E-state index is -4.97. The molecule has 0 saturated carbocycles. The summed E-state index contributed by atoms with van der Waals surface area (Å²) in [6.45, 7) is 4.54. The van der Waals surface area contributed by atoms with Crippen molar-refractivity contribution in [2.75, 3.05) is 39.6 Å². The SMILES string of the molecule is CCCCC/C=C/C/C=C\CCCCCCCC(=O)O[C@@H](COC(=O)CCCCC)COP(=O)(O)OC[C@@H](O)COP(=O)(O)OC[C@H](COC(=O)CCCCCCC/C=C/C/C=C/CCCCC)OC(=O)CCCCCCC/C=C/C/C=C/CCCCC. The lowest BCUT2D eigenvalue weighted by molar-refractivity contribution is -0.161. The van der Waals surface area contributed by atoms with E-state index in [-0.39, 0.29) is 25.7 Å². The summed E-state index contributed by atoms with van der Waals surface area (Å²) < 4.78 is 67.7. The van der Waals surface area contributed by atoms with E-state index in [0.29, 0.717) is 25.7 Å². The second kappa shape index (κ2) is 62.3. The first-order chi connectivity index (χ1) is 42.7. The van der Waals surface area contributed by atoms with Gasteiger partial charge in [-0.25, -0.2) is 9.13 Å². The standard InChI is InChI=1S/C69H122O17P2/c1-5-9-13-16-19-22-25-28-31-34-37-40-43-46-50-54-67(72)80-60-65(86-69(74)56-52-48-45-42-39-36-33-30-27-24-21-18-15-11-7-3)62-84-88(77,78)82-58-63(70)57-81-87(75,76)83-61-64(59-79-66(71)53-49-12-8-4)85-68(73)55-51-47-44-41-38-35-32-29-26-23-20-17-14-10-6-2/h19-24,28-33,63-65,70H,5-18,25-27,34-62H2,1-4H3,(H,75,76)(H,77,78)/b22-19+,23-20+,24-21+,31-28+,32-29-,33-30+/t63-,64+,65+/m1/s1. The molecule has 2 unspecified atom stereocenters. The Morgan fingerprint density at radius 3 is 0.864 bits per heavy atom. The van der Waals surface area contributed by atoms with E-state index in [9.17, 15) is 43.2 Å². The summed E-state index contributed by atoms with van der Waals surface area (Å²) >= 11 is 0. The second-order valence-electron chi connectivity index (χ2n) is 22.8. The smallest absolute Gasteiger partial charge is 0.462 e. The van der Waals surface area contributed by atoms with Crippen LogP contribution in [0.25, 0.3) is 0 Å². The molecule has 0 radical (unpaired) electrons. The molecule has 0 heterocycles. The van der Waals surface area contributed by atoms with Crippen molar-refractivity contribution in [3.63, 3.8) is 0 Å². The topological polar surface area (TPSA) is 237 Å². The number of hydrogen-bond donors (Lipinski definition) is 3. The lowest BCUT2D eigenvalue weighted by Gasteiger charge is -2.21. The van der Waals surface area contributed by atoms with Crippen LogP contribution in [-0.2, 0) is 65.4 Å². The Bertz CT molecular complexity index is 1970. The number of allylic oxidation sites excluding steroid dienone is 12. The third kappa shape index (κ3) is 61.4. The van der Waals surface area contributed by atoms with Crippen LogP contribution in [-0.4, -0.2) is 96.7 Å². The highest BCUT2D eigenvalue weighted by atomic mass is 31.2. The lowest BCUT2D eigenvalue weighted by atomic mass is 10.1. The first kappa shape index (κ1) is 84.5. The summed E-state index contributed by atoms with van der Waals surface area (Å²) in [4.78, 5) is 71.9. The van der Waals surface area contributed by atoms with Crippen molar-refractivity contribution in [1.29, 1.82) is 0 Å². The van der Waals surface area contributed by atoms with Crippen molar-refractivity contribution in [1.82, 2.24) is 0 Å². The molecule has 19 heteroatoms. The molecule has 0 aliphatic carbocycles. The Morgan fingerprint density at radius 1 is 0.318 bits per heavy atom. The zero-order chi connectivity index (χ0) is 64.7. The fourth-order valence-electron chi connectivity index (χ4n) is 8.84. The Morgan fingerprint density at radius 2 is 0.557 bits per heavy atom. The molecule has 88 heavy (non-hydrogen) atoms. The second-order valence-corrected chi connectivity index (χ2v) is 25.7. The molecule has 0 spiro atoms. The minimum Gasteiger partial charge on any atom is -0.462 e. The van der Waals surface area contributed by atoms with Crippen LogP contribution in [0.4, 0.5) is 0 Å². The van der Waals surface area contributed by atoms with Crippen LogP contribution in [0.5, 0.6) is 0 Å². The van der Waals surface area contributed by atoms with Gasteiger partial charge in [0.1, 0.15) is 19.3 Å². The van der Waals surface area contributed by atoms with E-state index in [4.69, 9.17) is 37.0 Å². The number of hydrogen-bond acceptors (Lipinski definition) is 15. The molecule has 0 saturated heterocycles. The molecular weight excluding hydrogens is 1160 g/mol. The number of esters is 4. The van der Waals surface area contributed by atoms with Crippen LogP contribution >= 0.6 is 15.6 Å². The van der Waals surface area contributed by atoms with E-state index in [0.717, 1.165) is 148 Å². The van der Waals surface area contributed by atoms with Crippen LogP contribution in [0.2, 0.25) is 0 Å². The third-order valence-corrected chi connectivity index (χ3v) is 16.0. The van der Waals surface area contributed by atoms with Gasteiger partial charge in [0.25, 0.3) is 0 Å². The number of ether oxygens (including phenoxy) is 4. The molecule has 17 nitrogen and oxygen atoms in total. The van der Waals surface area contributed by atoms with Gasteiger partial charge in [-0.2, -0.15) is 0 Å². The van der Waals surface area contributed by atoms with Gasteiger partial charge in [-0.05, 0) is 122 Å². The fourth-order valence-corrected chi connectivity index (χ4v) is 10.4. The zero-order valence-corrected chi connectivity index (χ0v) is 56.9. The van der Waals surface area contributed by atoms with Crippen LogP contribution in [0.1, 0.15) is 285 Å². The molecule has 0 fully saturated rings. The van der Waals surface area contributed by atoms with Crippen LogP contribution in [0.3, 0.4) is 0 Å². The highest BCUT2D eigenvalue weighted by molar-refractivity contribution is 7.47. The average molecular weight is 1290 g/mol. The molecule has 0 aromatic rings. The molecule has 0 aliphatic heterocycles. The largest absolute Gasteiger partial charge is 0.472 e. The summed E-state index contributed by atoms with van der Waals surface area (Å²) in [6.07, 6.45) is 58.8.